The van der Waals surface area contributed by atoms with Crippen LogP contribution in [0.3, 0.4) is 0 Å². The van der Waals surface area contributed by atoms with Crippen molar-refractivity contribution in [3.05, 3.63) is 42.1 Å². The van der Waals surface area contributed by atoms with Crippen LogP contribution in [0.5, 0.6) is 0 Å². The summed E-state index contributed by atoms with van der Waals surface area (Å²) in [6.07, 6.45) is 2.17. The molecule has 6 nitrogen and oxygen atoms in total. The molecule has 25 heavy (non-hydrogen) atoms. The third kappa shape index (κ3) is 3.82. The van der Waals surface area contributed by atoms with E-state index in [1.54, 1.807) is 12.3 Å². The average molecular weight is 361 g/mol. The summed E-state index contributed by atoms with van der Waals surface area (Å²) >= 11 is 0. The maximum atomic E-state index is 13.1. The summed E-state index contributed by atoms with van der Waals surface area (Å²) in [4.78, 5) is 16.6. The monoisotopic (exact) mass is 361 g/mol. The number of aromatic nitrogens is 1. The summed E-state index contributed by atoms with van der Waals surface area (Å²) in [6, 6.07) is 8.64. The van der Waals surface area contributed by atoms with Gasteiger partial charge >= 0.3 is 0 Å². The van der Waals surface area contributed by atoms with Crippen LogP contribution in [0, 0.1) is 5.92 Å². The molecule has 0 aliphatic carbocycles. The first kappa shape index (κ1) is 17.8. The van der Waals surface area contributed by atoms with E-state index >= 15 is 0 Å². The number of pyridine rings is 1. The summed E-state index contributed by atoms with van der Waals surface area (Å²) in [5, 5.41) is 3.68. The van der Waals surface area contributed by atoms with E-state index in [1.807, 2.05) is 38.1 Å². The van der Waals surface area contributed by atoms with E-state index in [2.05, 4.69) is 10.3 Å². The molecule has 1 amide bonds. The molecule has 0 spiro atoms. The third-order valence-corrected chi connectivity index (χ3v) is 6.22. The molecule has 1 saturated heterocycles. The normalized spacial score (nSPS) is 19.3. The summed E-state index contributed by atoms with van der Waals surface area (Å²) in [5.41, 5.74) is 1.35. The summed E-state index contributed by atoms with van der Waals surface area (Å²) in [7, 11) is -3.62. The maximum Gasteiger partial charge on any atom is 0.238 e. The van der Waals surface area contributed by atoms with Crippen molar-refractivity contribution in [1.29, 1.82) is 0 Å². The minimum atomic E-state index is -3.62. The first-order chi connectivity index (χ1) is 11.9. The minimum absolute atomic E-state index is 0.150. The van der Waals surface area contributed by atoms with Gasteiger partial charge in [-0.2, -0.15) is 4.31 Å². The van der Waals surface area contributed by atoms with Crippen LogP contribution in [0.2, 0.25) is 0 Å². The second-order valence-electron chi connectivity index (χ2n) is 6.80. The molecule has 1 fully saturated rings. The molecule has 1 aromatic carbocycles. The number of sulfonamides is 1. The molecule has 2 heterocycles. The molecule has 1 aliphatic heterocycles. The molecule has 1 aliphatic rings. The van der Waals surface area contributed by atoms with Crippen LogP contribution in [-0.4, -0.2) is 42.7 Å². The van der Waals surface area contributed by atoms with Crippen LogP contribution in [0.4, 0.5) is 0 Å². The van der Waals surface area contributed by atoms with Crippen LogP contribution in [0.15, 0.2) is 36.5 Å². The lowest BCUT2D eigenvalue weighted by Crippen LogP contribution is -2.57. The zero-order chi connectivity index (χ0) is 18.0. The highest BCUT2D eigenvalue weighted by molar-refractivity contribution is 7.88. The highest BCUT2D eigenvalue weighted by Gasteiger charge is 2.37. The van der Waals surface area contributed by atoms with Crippen molar-refractivity contribution < 1.29 is 13.2 Å². The number of nitrogens with one attached hydrogen (secondary N) is 1. The quantitative estimate of drug-likeness (QED) is 0.882. The third-order valence-electron chi connectivity index (χ3n) is 4.39. The zero-order valence-electron chi connectivity index (χ0n) is 14.5. The highest BCUT2D eigenvalue weighted by Crippen LogP contribution is 2.24. The van der Waals surface area contributed by atoms with Crippen molar-refractivity contribution in [2.24, 2.45) is 5.92 Å². The highest BCUT2D eigenvalue weighted by atomic mass is 32.2. The number of hydrogen-bond donors (Lipinski definition) is 1. The van der Waals surface area contributed by atoms with Gasteiger partial charge in [-0.15, -0.1) is 0 Å². The van der Waals surface area contributed by atoms with Gasteiger partial charge in [0.2, 0.25) is 15.9 Å². The van der Waals surface area contributed by atoms with E-state index in [4.69, 9.17) is 0 Å². The number of rotatable bonds is 5. The van der Waals surface area contributed by atoms with E-state index in [0.29, 0.717) is 30.6 Å². The van der Waals surface area contributed by atoms with Gasteiger partial charge in [-0.1, -0.05) is 38.1 Å². The second-order valence-corrected chi connectivity index (χ2v) is 8.72. The number of carbonyl (C=O) groups excluding carboxylic acids is 1. The first-order valence-corrected chi connectivity index (χ1v) is 10.1. The number of fused-ring (bicyclic) bond motifs is 1. The lowest BCUT2D eigenvalue weighted by atomic mass is 10.0. The van der Waals surface area contributed by atoms with Crippen molar-refractivity contribution in [1.82, 2.24) is 14.6 Å². The van der Waals surface area contributed by atoms with Crippen LogP contribution < -0.4 is 5.32 Å². The molecule has 1 unspecified atom stereocenters. The fraction of sp³-hybridized carbons (Fsp3) is 0.444. The molecule has 2 aromatic rings. The standard InChI is InChI=1S/C18H23N3O3S/c1-13(2)11-16-18(22)20-9-10-21(16)25(23,24)12-15-6-3-5-14-7-4-8-19-17(14)15/h3-8,13,16H,9-12H2,1-2H3,(H,20,22). The molecule has 134 valence electrons. The van der Waals surface area contributed by atoms with E-state index < -0.39 is 16.1 Å². The van der Waals surface area contributed by atoms with Crippen molar-refractivity contribution in [2.75, 3.05) is 13.1 Å². The molecule has 1 aromatic heterocycles. The second kappa shape index (κ2) is 7.09. The van der Waals surface area contributed by atoms with E-state index in [0.717, 1.165) is 5.39 Å². The van der Waals surface area contributed by atoms with E-state index in [9.17, 15) is 13.2 Å². The Morgan fingerprint density at radius 2 is 2.04 bits per heavy atom. The number of hydrogen-bond acceptors (Lipinski definition) is 4. The Morgan fingerprint density at radius 3 is 2.80 bits per heavy atom. The number of piperazine rings is 1. The maximum absolute atomic E-state index is 13.1. The van der Waals surface area contributed by atoms with Gasteiger partial charge in [0, 0.05) is 24.7 Å². The molecule has 1 N–H and O–H groups in total. The van der Waals surface area contributed by atoms with Crippen molar-refractivity contribution in [3.63, 3.8) is 0 Å². The van der Waals surface area contributed by atoms with Gasteiger partial charge in [-0.3, -0.25) is 9.78 Å². The fourth-order valence-electron chi connectivity index (χ4n) is 3.26. The van der Waals surface area contributed by atoms with Gasteiger partial charge in [0.05, 0.1) is 11.3 Å². The van der Waals surface area contributed by atoms with Gasteiger partial charge in [-0.25, -0.2) is 8.42 Å². The van der Waals surface area contributed by atoms with E-state index in [1.165, 1.54) is 4.31 Å². The van der Waals surface area contributed by atoms with Gasteiger partial charge in [0.1, 0.15) is 6.04 Å². The fourth-order valence-corrected chi connectivity index (χ4v) is 4.99. The number of amides is 1. The van der Waals surface area contributed by atoms with E-state index in [-0.39, 0.29) is 17.6 Å². The average Bonchev–Trinajstić information content (AvgIpc) is 2.56. The van der Waals surface area contributed by atoms with Crippen LogP contribution >= 0.6 is 0 Å². The van der Waals surface area contributed by atoms with Crippen molar-refractivity contribution >= 4 is 26.8 Å². The van der Waals surface area contributed by atoms with Gasteiger partial charge in [0.15, 0.2) is 0 Å². The predicted octanol–water partition coefficient (Wildman–Crippen LogP) is 1.91. The Bertz CT molecular complexity index is 875. The molecule has 1 atom stereocenters. The van der Waals surface area contributed by atoms with Gasteiger partial charge in [0.25, 0.3) is 0 Å². The van der Waals surface area contributed by atoms with Crippen molar-refractivity contribution in [3.8, 4) is 0 Å². The molecular formula is C18H23N3O3S. The minimum Gasteiger partial charge on any atom is -0.353 e. The SMILES string of the molecule is CC(C)CC1C(=O)NCCN1S(=O)(=O)Cc1cccc2cccnc12. The lowest BCUT2D eigenvalue weighted by molar-refractivity contribution is -0.127. The Kier molecular flexibility index (Phi) is 5.06. The number of benzene rings is 1. The Hall–Kier alpha value is -1.99. The van der Waals surface area contributed by atoms with Crippen LogP contribution in [-0.2, 0) is 20.6 Å². The summed E-state index contributed by atoms with van der Waals surface area (Å²) in [6.45, 7) is 4.63. The predicted molar refractivity (Wildman–Crippen MR) is 97.3 cm³/mol. The summed E-state index contributed by atoms with van der Waals surface area (Å²) in [5.74, 6) is -0.131. The van der Waals surface area contributed by atoms with Crippen molar-refractivity contribution in [2.45, 2.75) is 32.1 Å². The largest absolute Gasteiger partial charge is 0.353 e. The molecule has 0 saturated carbocycles. The number of carbonyl (C=O) groups is 1. The molecule has 7 heteroatoms. The van der Waals surface area contributed by atoms with Gasteiger partial charge in [-0.05, 0) is 24.0 Å². The summed E-state index contributed by atoms with van der Waals surface area (Å²) < 4.78 is 27.5. The van der Waals surface area contributed by atoms with Crippen LogP contribution in [0.25, 0.3) is 10.9 Å². The Morgan fingerprint density at radius 1 is 1.28 bits per heavy atom. The Balaban J connectivity index is 1.93. The molecular weight excluding hydrogens is 338 g/mol. The zero-order valence-corrected chi connectivity index (χ0v) is 15.3. The van der Waals surface area contributed by atoms with Crippen LogP contribution in [0.1, 0.15) is 25.8 Å². The number of para-hydroxylation sites is 1. The number of nitrogens with zero attached hydrogens (tertiary/aromatic N) is 2. The Labute approximate surface area is 148 Å². The topological polar surface area (TPSA) is 79.4 Å². The molecule has 3 rings (SSSR count). The molecule has 0 bridgehead atoms. The van der Waals surface area contributed by atoms with Gasteiger partial charge < -0.3 is 5.32 Å². The first-order valence-electron chi connectivity index (χ1n) is 8.48. The molecule has 0 radical (unpaired) electrons. The lowest BCUT2D eigenvalue weighted by Gasteiger charge is -2.35. The smallest absolute Gasteiger partial charge is 0.238 e.